The topological polar surface area (TPSA) is 77.4 Å². The van der Waals surface area contributed by atoms with Gasteiger partial charge in [-0.15, -0.1) is 0 Å². The first-order valence-electron chi connectivity index (χ1n) is 10.5. The van der Waals surface area contributed by atoms with Gasteiger partial charge in [0.05, 0.1) is 33.0 Å². The first-order chi connectivity index (χ1) is 15.5. The Morgan fingerprint density at radius 3 is 2.19 bits per heavy atom. The normalized spacial score (nSPS) is 27.9. The van der Waals surface area contributed by atoms with Crippen molar-refractivity contribution in [2.75, 3.05) is 21.3 Å². The molecule has 6 heteroatoms. The summed E-state index contributed by atoms with van der Waals surface area (Å²) in [6.07, 6.45) is -0.764. The number of fused-ring (bicyclic) bond motifs is 3. The summed E-state index contributed by atoms with van der Waals surface area (Å²) in [5.74, 6) is 1.75. The van der Waals surface area contributed by atoms with Crippen molar-refractivity contribution in [1.29, 1.82) is 0 Å². The van der Waals surface area contributed by atoms with Crippen LogP contribution in [0.1, 0.15) is 29.0 Å². The van der Waals surface area contributed by atoms with Crippen LogP contribution in [0, 0.1) is 0 Å². The lowest BCUT2D eigenvalue weighted by Gasteiger charge is -2.40. The van der Waals surface area contributed by atoms with E-state index in [0.29, 0.717) is 35.0 Å². The van der Waals surface area contributed by atoms with Crippen molar-refractivity contribution in [1.82, 2.24) is 0 Å². The van der Waals surface area contributed by atoms with Gasteiger partial charge < -0.3 is 29.2 Å². The molecule has 3 aromatic carbocycles. The van der Waals surface area contributed by atoms with E-state index in [1.165, 1.54) is 7.11 Å². The van der Waals surface area contributed by atoms with Crippen molar-refractivity contribution in [2.45, 2.75) is 29.6 Å². The van der Waals surface area contributed by atoms with Crippen LogP contribution in [0.3, 0.4) is 0 Å². The van der Waals surface area contributed by atoms with Crippen LogP contribution in [0.2, 0.25) is 0 Å². The van der Waals surface area contributed by atoms with E-state index >= 15 is 0 Å². The second-order valence-corrected chi connectivity index (χ2v) is 8.25. The predicted octanol–water partition coefficient (Wildman–Crippen LogP) is 3.74. The van der Waals surface area contributed by atoms with Gasteiger partial charge in [0.25, 0.3) is 0 Å². The van der Waals surface area contributed by atoms with Crippen molar-refractivity contribution in [3.05, 3.63) is 83.4 Å². The van der Waals surface area contributed by atoms with Gasteiger partial charge in [-0.2, -0.15) is 0 Å². The molecule has 32 heavy (non-hydrogen) atoms. The Morgan fingerprint density at radius 1 is 0.875 bits per heavy atom. The second-order valence-electron chi connectivity index (χ2n) is 8.25. The number of hydrogen-bond donors (Lipinski definition) is 2. The van der Waals surface area contributed by atoms with Crippen molar-refractivity contribution in [3.8, 4) is 23.0 Å². The van der Waals surface area contributed by atoms with Crippen LogP contribution < -0.4 is 18.9 Å². The molecular formula is C26H26O6. The van der Waals surface area contributed by atoms with E-state index in [-0.39, 0.29) is 5.92 Å². The van der Waals surface area contributed by atoms with Gasteiger partial charge in [0.1, 0.15) is 23.0 Å². The Morgan fingerprint density at radius 2 is 1.56 bits per heavy atom. The lowest BCUT2D eigenvalue weighted by molar-refractivity contribution is -0.150. The summed E-state index contributed by atoms with van der Waals surface area (Å²) >= 11 is 0. The fourth-order valence-corrected chi connectivity index (χ4v) is 5.42. The molecule has 0 aromatic heterocycles. The minimum absolute atomic E-state index is 0.319. The molecule has 0 saturated heterocycles. The number of hydrogen-bond acceptors (Lipinski definition) is 6. The number of aliphatic hydroxyl groups is 2. The van der Waals surface area contributed by atoms with Gasteiger partial charge in [-0.3, -0.25) is 0 Å². The molecule has 1 heterocycles. The summed E-state index contributed by atoms with van der Waals surface area (Å²) in [6.45, 7) is 0. The zero-order valence-electron chi connectivity index (χ0n) is 18.2. The Bertz CT molecular complexity index is 1130. The highest BCUT2D eigenvalue weighted by molar-refractivity contribution is 5.62. The first kappa shape index (κ1) is 20.7. The smallest absolute Gasteiger partial charge is 0.176 e. The minimum Gasteiger partial charge on any atom is -0.497 e. The Hall–Kier alpha value is -3.22. The van der Waals surface area contributed by atoms with Gasteiger partial charge in [0, 0.05) is 18.1 Å². The molecule has 3 aromatic rings. The molecule has 4 atom stereocenters. The molecule has 2 aliphatic rings. The van der Waals surface area contributed by atoms with Crippen molar-refractivity contribution < 1.29 is 29.2 Å². The lowest BCUT2D eigenvalue weighted by Crippen LogP contribution is -2.52. The van der Waals surface area contributed by atoms with Gasteiger partial charge >= 0.3 is 0 Å². The lowest BCUT2D eigenvalue weighted by atomic mass is 9.71. The molecule has 0 radical (unpaired) electrons. The average Bonchev–Trinajstić information content (AvgIpc) is 3.24. The van der Waals surface area contributed by atoms with E-state index < -0.39 is 17.3 Å². The number of ether oxygens (including phenoxy) is 4. The molecule has 2 N–H and O–H groups in total. The minimum atomic E-state index is -1.74. The Balaban J connectivity index is 1.80. The molecule has 0 amide bonds. The maximum atomic E-state index is 12.4. The fraction of sp³-hybridized carbons (Fsp3) is 0.308. The first-order valence-corrected chi connectivity index (χ1v) is 10.5. The molecule has 0 bridgehead atoms. The Kier molecular flexibility index (Phi) is 4.80. The molecule has 5 rings (SSSR count). The Labute approximate surface area is 186 Å². The van der Waals surface area contributed by atoms with Crippen LogP contribution in [-0.2, 0) is 11.2 Å². The molecule has 1 aliphatic heterocycles. The summed E-state index contributed by atoms with van der Waals surface area (Å²) in [4.78, 5) is 0. The van der Waals surface area contributed by atoms with Crippen molar-refractivity contribution >= 4 is 0 Å². The largest absolute Gasteiger partial charge is 0.497 e. The van der Waals surface area contributed by atoms with Gasteiger partial charge in [-0.25, -0.2) is 0 Å². The van der Waals surface area contributed by atoms with E-state index in [9.17, 15) is 10.2 Å². The maximum Gasteiger partial charge on any atom is 0.176 e. The van der Waals surface area contributed by atoms with Crippen molar-refractivity contribution in [2.24, 2.45) is 0 Å². The fourth-order valence-electron chi connectivity index (χ4n) is 5.42. The second kappa shape index (κ2) is 7.43. The highest BCUT2D eigenvalue weighted by atomic mass is 16.5. The van der Waals surface area contributed by atoms with Gasteiger partial charge in [-0.05, 0) is 29.7 Å². The van der Waals surface area contributed by atoms with E-state index in [4.69, 9.17) is 18.9 Å². The van der Waals surface area contributed by atoms with Gasteiger partial charge in [0.15, 0.2) is 11.2 Å². The van der Waals surface area contributed by atoms with Crippen molar-refractivity contribution in [3.63, 3.8) is 0 Å². The average molecular weight is 434 g/mol. The van der Waals surface area contributed by atoms with Crippen LogP contribution in [0.4, 0.5) is 0 Å². The molecule has 6 nitrogen and oxygen atoms in total. The van der Waals surface area contributed by atoms with Crippen LogP contribution in [-0.4, -0.2) is 37.6 Å². The van der Waals surface area contributed by atoms with Gasteiger partial charge in [-0.1, -0.05) is 42.5 Å². The van der Waals surface area contributed by atoms with E-state index in [0.717, 1.165) is 11.1 Å². The molecule has 166 valence electrons. The molecule has 0 spiro atoms. The quantitative estimate of drug-likeness (QED) is 0.637. The van der Waals surface area contributed by atoms with Crippen LogP contribution in [0.5, 0.6) is 23.0 Å². The zero-order valence-corrected chi connectivity index (χ0v) is 18.2. The molecule has 2 unspecified atom stereocenters. The van der Waals surface area contributed by atoms with Gasteiger partial charge in [0.2, 0.25) is 0 Å². The van der Waals surface area contributed by atoms with Crippen LogP contribution in [0.25, 0.3) is 0 Å². The summed E-state index contributed by atoms with van der Waals surface area (Å²) in [5.41, 5.74) is -0.875. The summed E-state index contributed by atoms with van der Waals surface area (Å²) < 4.78 is 23.1. The predicted molar refractivity (Wildman–Crippen MR) is 119 cm³/mol. The number of methoxy groups -OCH3 is 3. The maximum absolute atomic E-state index is 12.4. The van der Waals surface area contributed by atoms with Crippen LogP contribution in [0.15, 0.2) is 66.7 Å². The molecular weight excluding hydrogens is 408 g/mol. The van der Waals surface area contributed by atoms with E-state index in [1.54, 1.807) is 26.4 Å². The summed E-state index contributed by atoms with van der Waals surface area (Å²) in [7, 11) is 4.70. The highest BCUT2D eigenvalue weighted by Gasteiger charge is 2.73. The van der Waals surface area contributed by atoms with Crippen LogP contribution >= 0.6 is 0 Å². The van der Waals surface area contributed by atoms with E-state index in [2.05, 4.69) is 0 Å². The monoisotopic (exact) mass is 434 g/mol. The summed E-state index contributed by atoms with van der Waals surface area (Å²) in [6, 6.07) is 20.7. The third-order valence-corrected chi connectivity index (χ3v) is 6.87. The molecule has 1 aliphatic carbocycles. The third kappa shape index (κ3) is 2.60. The third-order valence-electron chi connectivity index (χ3n) is 6.87. The standard InChI is InChI=1S/C26H26O6/c1-29-18-11-9-17(10-12-18)26-20(16-7-5-4-6-8-16)15-23(27)25(26,28)24-21(31-3)13-19(30-2)14-22(24)32-26/h4-14,20,23,27-28H,15H2,1-3H3/t20?,23?,25-,26+/m0/s1. The SMILES string of the molecule is COc1ccc([C@]23Oc4cc(OC)cc(OC)c4[C@@]2(O)C(O)CC3c2ccccc2)cc1. The zero-order chi connectivity index (χ0) is 22.5. The number of aliphatic hydroxyl groups excluding tert-OH is 1. The molecule has 1 saturated carbocycles. The van der Waals surface area contributed by atoms with E-state index in [1.807, 2.05) is 54.6 Å². The summed E-state index contributed by atoms with van der Waals surface area (Å²) in [5, 5.41) is 23.7. The highest BCUT2D eigenvalue weighted by Crippen LogP contribution is 2.68. The number of rotatable bonds is 5. The number of benzene rings is 3. The molecule has 1 fully saturated rings.